The third-order valence-corrected chi connectivity index (χ3v) is 5.95. The van der Waals surface area contributed by atoms with Gasteiger partial charge in [-0.1, -0.05) is 18.2 Å². The van der Waals surface area contributed by atoms with Crippen molar-refractivity contribution in [2.24, 2.45) is 5.92 Å². The van der Waals surface area contributed by atoms with Crippen molar-refractivity contribution in [3.63, 3.8) is 0 Å². The fourth-order valence-corrected chi connectivity index (χ4v) is 4.91. The van der Waals surface area contributed by atoms with E-state index < -0.39 is 5.54 Å². The Morgan fingerprint density at radius 1 is 1.40 bits per heavy atom. The van der Waals surface area contributed by atoms with E-state index in [0.717, 1.165) is 43.6 Å². The number of likely N-dealkylation sites (N-methyl/N-ethyl adjacent to an activating group) is 1. The molecule has 3 aliphatic heterocycles. The van der Waals surface area contributed by atoms with Crippen molar-refractivity contribution in [3.8, 4) is 0 Å². The van der Waals surface area contributed by atoms with Gasteiger partial charge in [-0.15, -0.1) is 0 Å². The van der Waals surface area contributed by atoms with Gasteiger partial charge in [0.1, 0.15) is 5.54 Å². The van der Waals surface area contributed by atoms with Crippen LogP contribution in [0.1, 0.15) is 24.8 Å². The van der Waals surface area contributed by atoms with Crippen molar-refractivity contribution in [2.75, 3.05) is 39.0 Å². The molecule has 2 N–H and O–H groups in total. The fraction of sp³-hybridized carbons (Fsp3) is 0.579. The number of carbonyl (C=O) groups excluding carboxylic acids is 2. The fourth-order valence-electron chi connectivity index (χ4n) is 4.91. The van der Waals surface area contributed by atoms with E-state index in [9.17, 15) is 9.59 Å². The summed E-state index contributed by atoms with van der Waals surface area (Å²) in [7, 11) is 3.97. The molecule has 3 heterocycles. The first-order chi connectivity index (χ1) is 12.0. The van der Waals surface area contributed by atoms with E-state index in [1.54, 1.807) is 0 Å². The summed E-state index contributed by atoms with van der Waals surface area (Å²) >= 11 is 0. The number of carbonyl (C=O) groups is 2. The summed E-state index contributed by atoms with van der Waals surface area (Å²) in [5.41, 5.74) is 0.989. The lowest BCUT2D eigenvalue weighted by Gasteiger charge is -2.36. The van der Waals surface area contributed by atoms with E-state index in [1.807, 2.05) is 43.3 Å². The van der Waals surface area contributed by atoms with Gasteiger partial charge in [0.2, 0.25) is 11.8 Å². The predicted octanol–water partition coefficient (Wildman–Crippen LogP) is 0.996. The zero-order chi connectivity index (χ0) is 17.6. The molecule has 1 aromatic carbocycles. The standard InChI is InChI=1S/C19H26N4O2/c1-22(2)11-9-20-17(24)15-12-13-6-5-10-23(13)19(15)14-7-3-4-8-16(14)21-18(19)25/h3-4,7-8,13,15H,5-6,9-12H2,1-2H3,(H,20,24)(H,21,25)/t13-,15-,19+/m1/s1. The topological polar surface area (TPSA) is 64.7 Å². The summed E-state index contributed by atoms with van der Waals surface area (Å²) in [6, 6.07) is 8.16. The maximum Gasteiger partial charge on any atom is 0.250 e. The average Bonchev–Trinajstić information content (AvgIpc) is 3.22. The van der Waals surface area contributed by atoms with Gasteiger partial charge < -0.3 is 15.5 Å². The molecule has 0 aromatic heterocycles. The van der Waals surface area contributed by atoms with Crippen LogP contribution in [0.2, 0.25) is 0 Å². The molecular formula is C19H26N4O2. The molecule has 0 aliphatic carbocycles. The Morgan fingerprint density at radius 3 is 3.00 bits per heavy atom. The summed E-state index contributed by atoms with van der Waals surface area (Å²) in [6.45, 7) is 2.28. The number of anilines is 1. The summed E-state index contributed by atoms with van der Waals surface area (Å²) in [6.07, 6.45) is 2.92. The monoisotopic (exact) mass is 342 g/mol. The Balaban J connectivity index is 1.69. The Hall–Kier alpha value is -1.92. The Morgan fingerprint density at radius 2 is 2.20 bits per heavy atom. The Kier molecular flexibility index (Phi) is 4.04. The number of para-hydroxylation sites is 1. The van der Waals surface area contributed by atoms with Crippen molar-refractivity contribution in [1.82, 2.24) is 15.1 Å². The number of nitrogens with zero attached hydrogens (tertiary/aromatic N) is 2. The zero-order valence-electron chi connectivity index (χ0n) is 14.9. The van der Waals surface area contributed by atoms with Crippen LogP contribution in [0, 0.1) is 5.92 Å². The third-order valence-electron chi connectivity index (χ3n) is 5.95. The van der Waals surface area contributed by atoms with Crippen LogP contribution in [0.15, 0.2) is 24.3 Å². The van der Waals surface area contributed by atoms with Crippen LogP contribution >= 0.6 is 0 Å². The van der Waals surface area contributed by atoms with Crippen molar-refractivity contribution < 1.29 is 9.59 Å². The first kappa shape index (κ1) is 16.5. The second-order valence-corrected chi connectivity index (χ2v) is 7.64. The first-order valence-electron chi connectivity index (χ1n) is 9.15. The van der Waals surface area contributed by atoms with E-state index in [1.165, 1.54) is 0 Å². The number of rotatable bonds is 4. The molecule has 3 atom stereocenters. The van der Waals surface area contributed by atoms with Crippen LogP contribution in [0.3, 0.4) is 0 Å². The van der Waals surface area contributed by atoms with Gasteiger partial charge >= 0.3 is 0 Å². The number of nitrogens with one attached hydrogen (secondary N) is 2. The SMILES string of the molecule is CN(C)CCNC(=O)[C@H]1C[C@H]2CCCN2[C@]12C(=O)Nc1ccccc12. The molecule has 25 heavy (non-hydrogen) atoms. The van der Waals surface area contributed by atoms with Crippen LogP contribution in [-0.2, 0) is 15.1 Å². The third kappa shape index (κ3) is 2.39. The number of benzene rings is 1. The van der Waals surface area contributed by atoms with Gasteiger partial charge in [0.15, 0.2) is 0 Å². The number of hydrogen-bond donors (Lipinski definition) is 2. The van der Waals surface area contributed by atoms with Gasteiger partial charge in [0.25, 0.3) is 0 Å². The number of hydrogen-bond acceptors (Lipinski definition) is 4. The molecule has 1 aromatic rings. The van der Waals surface area contributed by atoms with Gasteiger partial charge in [-0.25, -0.2) is 0 Å². The number of amides is 2. The first-order valence-corrected chi connectivity index (χ1v) is 9.15. The molecule has 2 amide bonds. The van der Waals surface area contributed by atoms with Gasteiger partial charge in [-0.3, -0.25) is 14.5 Å². The highest BCUT2D eigenvalue weighted by atomic mass is 16.2. The van der Waals surface area contributed by atoms with E-state index in [-0.39, 0.29) is 17.7 Å². The van der Waals surface area contributed by atoms with Crippen LogP contribution < -0.4 is 10.6 Å². The van der Waals surface area contributed by atoms with Crippen LogP contribution in [-0.4, -0.2) is 61.4 Å². The second-order valence-electron chi connectivity index (χ2n) is 7.64. The van der Waals surface area contributed by atoms with Crippen molar-refractivity contribution in [1.29, 1.82) is 0 Å². The molecule has 134 valence electrons. The lowest BCUT2D eigenvalue weighted by molar-refractivity contribution is -0.137. The van der Waals surface area contributed by atoms with E-state index in [4.69, 9.17) is 0 Å². The molecule has 0 saturated carbocycles. The quantitative estimate of drug-likeness (QED) is 0.857. The highest BCUT2D eigenvalue weighted by molar-refractivity contribution is 6.09. The lowest BCUT2D eigenvalue weighted by Crippen LogP contribution is -2.54. The summed E-state index contributed by atoms with van der Waals surface area (Å²) in [4.78, 5) is 30.5. The minimum atomic E-state index is -0.833. The largest absolute Gasteiger partial charge is 0.354 e. The average molecular weight is 342 g/mol. The molecule has 6 heteroatoms. The predicted molar refractivity (Wildman–Crippen MR) is 96.1 cm³/mol. The maximum absolute atomic E-state index is 13.2. The highest BCUT2D eigenvalue weighted by Crippen LogP contribution is 2.55. The summed E-state index contributed by atoms with van der Waals surface area (Å²) < 4.78 is 0. The number of fused-ring (bicyclic) bond motifs is 4. The summed E-state index contributed by atoms with van der Waals surface area (Å²) in [5, 5.41) is 6.09. The van der Waals surface area contributed by atoms with Crippen molar-refractivity contribution in [2.45, 2.75) is 30.8 Å². The lowest BCUT2D eigenvalue weighted by atomic mass is 9.78. The normalized spacial score (nSPS) is 30.6. The minimum Gasteiger partial charge on any atom is -0.354 e. The van der Waals surface area contributed by atoms with Gasteiger partial charge in [-0.2, -0.15) is 0 Å². The van der Waals surface area contributed by atoms with Gasteiger partial charge in [0, 0.05) is 30.4 Å². The molecule has 1 spiro atoms. The molecule has 0 radical (unpaired) electrons. The van der Waals surface area contributed by atoms with Crippen LogP contribution in [0.5, 0.6) is 0 Å². The Bertz CT molecular complexity index is 704. The van der Waals surface area contributed by atoms with E-state index >= 15 is 0 Å². The van der Waals surface area contributed by atoms with E-state index in [2.05, 4.69) is 15.5 Å². The van der Waals surface area contributed by atoms with Crippen molar-refractivity contribution >= 4 is 17.5 Å². The minimum absolute atomic E-state index is 0.00287. The highest BCUT2D eigenvalue weighted by Gasteiger charge is 2.65. The van der Waals surface area contributed by atoms with E-state index in [0.29, 0.717) is 12.6 Å². The summed E-state index contributed by atoms with van der Waals surface area (Å²) in [5.74, 6) is -0.363. The van der Waals surface area contributed by atoms with Crippen LogP contribution in [0.25, 0.3) is 0 Å². The molecule has 4 rings (SSSR count). The molecular weight excluding hydrogens is 316 g/mol. The van der Waals surface area contributed by atoms with Crippen LogP contribution in [0.4, 0.5) is 5.69 Å². The Labute approximate surface area is 148 Å². The smallest absolute Gasteiger partial charge is 0.250 e. The molecule has 0 bridgehead atoms. The molecule has 2 fully saturated rings. The zero-order valence-corrected chi connectivity index (χ0v) is 14.9. The van der Waals surface area contributed by atoms with Gasteiger partial charge in [0.05, 0.1) is 5.92 Å². The van der Waals surface area contributed by atoms with Gasteiger partial charge in [-0.05, 0) is 46.0 Å². The molecule has 6 nitrogen and oxygen atoms in total. The molecule has 2 saturated heterocycles. The molecule has 0 unspecified atom stereocenters. The van der Waals surface area contributed by atoms with Crippen molar-refractivity contribution in [3.05, 3.63) is 29.8 Å². The molecule has 3 aliphatic rings. The maximum atomic E-state index is 13.2. The second kappa shape index (κ2) is 6.11.